The van der Waals surface area contributed by atoms with Gasteiger partial charge in [0, 0.05) is 42.2 Å². The average Bonchev–Trinajstić information content (AvgIpc) is 3.21. The van der Waals surface area contributed by atoms with E-state index in [4.69, 9.17) is 0 Å². The summed E-state index contributed by atoms with van der Waals surface area (Å²) in [6.45, 7) is 0. The van der Waals surface area contributed by atoms with Crippen LogP contribution in [0.15, 0.2) is 41.0 Å². The van der Waals surface area contributed by atoms with E-state index in [-0.39, 0.29) is 5.91 Å². The number of carbonyl (C=O) groups excluding carboxylic acids is 1. The minimum Gasteiger partial charge on any atom is -0.378 e. The third-order valence-electron chi connectivity index (χ3n) is 3.61. The maximum absolute atomic E-state index is 12.5. The molecule has 1 fully saturated rings. The molecule has 0 spiro atoms. The minimum absolute atomic E-state index is 0.0662. The fourth-order valence-corrected chi connectivity index (χ4v) is 2.78. The topological polar surface area (TPSA) is 37.3 Å². The van der Waals surface area contributed by atoms with Gasteiger partial charge in [-0.05, 0) is 53.0 Å². The molecule has 3 rings (SSSR count). The third-order valence-corrected chi connectivity index (χ3v) is 4.04. The fraction of sp³-hybridized carbons (Fsp3) is 0.312. The van der Waals surface area contributed by atoms with Crippen molar-refractivity contribution in [1.29, 1.82) is 0 Å². The summed E-state index contributed by atoms with van der Waals surface area (Å²) >= 11 is 3.46. The molecule has 2 aromatic rings. The number of hydrogen-bond donors (Lipinski definition) is 1. The molecule has 1 heterocycles. The normalized spacial score (nSPS) is 14.0. The monoisotopic (exact) mass is 347 g/mol. The molecule has 4 nitrogen and oxygen atoms in total. The van der Waals surface area contributed by atoms with E-state index in [1.165, 1.54) is 0 Å². The van der Waals surface area contributed by atoms with Gasteiger partial charge in [-0.3, -0.25) is 4.79 Å². The molecule has 110 valence electrons. The van der Waals surface area contributed by atoms with Crippen molar-refractivity contribution in [3.63, 3.8) is 0 Å². The molecule has 1 aliphatic carbocycles. The quantitative estimate of drug-likeness (QED) is 0.910. The van der Waals surface area contributed by atoms with E-state index in [1.54, 1.807) is 0 Å². The maximum atomic E-state index is 12.5. The van der Waals surface area contributed by atoms with Gasteiger partial charge in [0.2, 0.25) is 0 Å². The molecule has 1 N–H and O–H groups in total. The predicted octanol–water partition coefficient (Wildman–Crippen LogP) is 3.90. The lowest BCUT2D eigenvalue weighted by molar-refractivity contribution is 0.101. The van der Waals surface area contributed by atoms with Crippen molar-refractivity contribution in [2.24, 2.45) is 0 Å². The summed E-state index contributed by atoms with van der Waals surface area (Å²) in [4.78, 5) is 14.5. The average molecular weight is 348 g/mol. The second-order valence-electron chi connectivity index (χ2n) is 5.58. The molecule has 0 aliphatic heterocycles. The van der Waals surface area contributed by atoms with Crippen molar-refractivity contribution in [1.82, 2.24) is 4.57 Å². The molecular weight excluding hydrogens is 330 g/mol. The Kier molecular flexibility index (Phi) is 3.76. The van der Waals surface area contributed by atoms with Crippen LogP contribution >= 0.6 is 15.9 Å². The molecule has 1 aliphatic rings. The zero-order chi connectivity index (χ0) is 15.0. The van der Waals surface area contributed by atoms with Crippen molar-refractivity contribution in [3.05, 3.63) is 46.7 Å². The van der Waals surface area contributed by atoms with Crippen LogP contribution in [0.4, 0.5) is 11.4 Å². The van der Waals surface area contributed by atoms with Crippen molar-refractivity contribution >= 4 is 33.2 Å². The van der Waals surface area contributed by atoms with Gasteiger partial charge in [0.1, 0.15) is 5.69 Å². The maximum Gasteiger partial charge on any atom is 0.272 e. The van der Waals surface area contributed by atoms with E-state index in [9.17, 15) is 4.79 Å². The molecule has 0 bridgehead atoms. The summed E-state index contributed by atoms with van der Waals surface area (Å²) in [6, 6.07) is 10.2. The van der Waals surface area contributed by atoms with Crippen molar-refractivity contribution in [2.75, 3.05) is 24.3 Å². The summed E-state index contributed by atoms with van der Waals surface area (Å²) in [7, 11) is 3.96. The Hall–Kier alpha value is -1.75. The molecule has 1 aromatic heterocycles. The predicted molar refractivity (Wildman–Crippen MR) is 89.1 cm³/mol. The van der Waals surface area contributed by atoms with E-state index in [1.807, 2.05) is 55.5 Å². The lowest BCUT2D eigenvalue weighted by atomic mass is 10.2. The van der Waals surface area contributed by atoms with Gasteiger partial charge in [-0.1, -0.05) is 6.07 Å². The highest BCUT2D eigenvalue weighted by atomic mass is 79.9. The first kappa shape index (κ1) is 14.2. The Morgan fingerprint density at radius 3 is 2.76 bits per heavy atom. The van der Waals surface area contributed by atoms with Crippen LogP contribution in [0, 0.1) is 0 Å². The number of nitrogens with zero attached hydrogens (tertiary/aromatic N) is 2. The van der Waals surface area contributed by atoms with Crippen LogP contribution in [0.1, 0.15) is 29.4 Å². The second-order valence-corrected chi connectivity index (χ2v) is 6.50. The Morgan fingerprint density at radius 1 is 1.33 bits per heavy atom. The van der Waals surface area contributed by atoms with E-state index < -0.39 is 0 Å². The van der Waals surface area contributed by atoms with Gasteiger partial charge in [0.15, 0.2) is 0 Å². The third kappa shape index (κ3) is 3.13. The molecule has 5 heteroatoms. The van der Waals surface area contributed by atoms with Crippen LogP contribution in [-0.2, 0) is 0 Å². The Labute approximate surface area is 132 Å². The van der Waals surface area contributed by atoms with Gasteiger partial charge < -0.3 is 14.8 Å². The Bertz CT molecular complexity index is 674. The van der Waals surface area contributed by atoms with Crippen LogP contribution < -0.4 is 10.2 Å². The van der Waals surface area contributed by atoms with Gasteiger partial charge in [-0.15, -0.1) is 0 Å². The van der Waals surface area contributed by atoms with Crippen molar-refractivity contribution in [3.8, 4) is 0 Å². The SMILES string of the molecule is CN(C)c1cccc(NC(=O)c2cc(Br)cn2C2CC2)c1. The molecular formula is C16H18BrN3O. The number of amides is 1. The van der Waals surface area contributed by atoms with Crippen molar-refractivity contribution in [2.45, 2.75) is 18.9 Å². The van der Waals surface area contributed by atoms with Crippen LogP contribution in [0.25, 0.3) is 0 Å². The molecule has 21 heavy (non-hydrogen) atoms. The highest BCUT2D eigenvalue weighted by molar-refractivity contribution is 9.10. The number of rotatable bonds is 4. The summed E-state index contributed by atoms with van der Waals surface area (Å²) in [6.07, 6.45) is 4.29. The van der Waals surface area contributed by atoms with E-state index in [2.05, 4.69) is 25.8 Å². The highest BCUT2D eigenvalue weighted by Gasteiger charge is 2.27. The van der Waals surface area contributed by atoms with Gasteiger partial charge in [0.25, 0.3) is 5.91 Å². The van der Waals surface area contributed by atoms with E-state index in [0.717, 1.165) is 28.7 Å². The lowest BCUT2D eigenvalue weighted by Gasteiger charge is -2.14. The number of nitrogens with one attached hydrogen (secondary N) is 1. The molecule has 0 radical (unpaired) electrons. The van der Waals surface area contributed by atoms with Crippen LogP contribution in [-0.4, -0.2) is 24.6 Å². The number of hydrogen-bond acceptors (Lipinski definition) is 2. The largest absolute Gasteiger partial charge is 0.378 e. The van der Waals surface area contributed by atoms with E-state index >= 15 is 0 Å². The fourth-order valence-electron chi connectivity index (χ4n) is 2.34. The van der Waals surface area contributed by atoms with Gasteiger partial charge >= 0.3 is 0 Å². The number of halogens is 1. The molecule has 1 amide bonds. The number of benzene rings is 1. The van der Waals surface area contributed by atoms with E-state index in [0.29, 0.717) is 11.7 Å². The molecule has 0 unspecified atom stereocenters. The summed E-state index contributed by atoms with van der Waals surface area (Å²) < 4.78 is 3.01. The van der Waals surface area contributed by atoms with Crippen LogP contribution in [0.2, 0.25) is 0 Å². The number of aromatic nitrogens is 1. The first-order valence-electron chi connectivity index (χ1n) is 7.01. The zero-order valence-electron chi connectivity index (χ0n) is 12.1. The van der Waals surface area contributed by atoms with Crippen molar-refractivity contribution < 1.29 is 4.79 Å². The first-order valence-corrected chi connectivity index (χ1v) is 7.80. The number of carbonyl (C=O) groups is 1. The lowest BCUT2D eigenvalue weighted by Crippen LogP contribution is -2.17. The molecule has 1 saturated carbocycles. The first-order chi connectivity index (χ1) is 10.0. The summed E-state index contributed by atoms with van der Waals surface area (Å²) in [5.41, 5.74) is 2.58. The van der Waals surface area contributed by atoms with Crippen LogP contribution in [0.3, 0.4) is 0 Å². The Balaban J connectivity index is 1.81. The molecule has 0 atom stereocenters. The number of anilines is 2. The highest BCUT2D eigenvalue weighted by Crippen LogP contribution is 2.37. The Morgan fingerprint density at radius 2 is 2.10 bits per heavy atom. The molecule has 0 saturated heterocycles. The van der Waals surface area contributed by atoms with Gasteiger partial charge in [0.05, 0.1) is 0 Å². The minimum atomic E-state index is -0.0662. The van der Waals surface area contributed by atoms with Gasteiger partial charge in [-0.2, -0.15) is 0 Å². The zero-order valence-corrected chi connectivity index (χ0v) is 13.7. The summed E-state index contributed by atoms with van der Waals surface area (Å²) in [5.74, 6) is -0.0662. The van der Waals surface area contributed by atoms with Crippen LogP contribution in [0.5, 0.6) is 0 Å². The van der Waals surface area contributed by atoms with Gasteiger partial charge in [-0.25, -0.2) is 0 Å². The summed E-state index contributed by atoms with van der Waals surface area (Å²) in [5, 5.41) is 2.98. The standard InChI is InChI=1S/C16H18BrN3O/c1-19(2)14-5-3-4-12(9-14)18-16(21)15-8-11(17)10-20(15)13-6-7-13/h3-5,8-10,13H,6-7H2,1-2H3,(H,18,21). The molecule has 1 aromatic carbocycles. The smallest absolute Gasteiger partial charge is 0.272 e. The second kappa shape index (κ2) is 5.56.